The summed E-state index contributed by atoms with van der Waals surface area (Å²) in [4.78, 5) is 10.3. The van der Waals surface area contributed by atoms with Crippen molar-refractivity contribution in [2.45, 2.75) is 0 Å². The number of hydrogen-bond acceptors (Lipinski definition) is 3. The van der Waals surface area contributed by atoms with E-state index in [2.05, 4.69) is 45.7 Å². The molecular weight excluding hydrogens is 252 g/mol. The van der Waals surface area contributed by atoms with Gasteiger partial charge in [0, 0.05) is 23.2 Å². The molecule has 0 saturated heterocycles. The van der Waals surface area contributed by atoms with Crippen molar-refractivity contribution < 1.29 is 0 Å². The molecule has 0 fully saturated rings. The third kappa shape index (κ3) is 1.63. The number of pyridine rings is 2. The second-order valence-corrected chi connectivity index (χ2v) is 5.32. The lowest BCUT2D eigenvalue weighted by Crippen LogP contribution is -1.87. The Morgan fingerprint density at radius 1 is 0.789 bits per heavy atom. The van der Waals surface area contributed by atoms with Crippen LogP contribution in [-0.2, 0) is 0 Å². The molecule has 0 aliphatic rings. The van der Waals surface area contributed by atoms with Crippen LogP contribution in [0, 0.1) is 0 Å². The molecule has 90 valence electrons. The molecule has 4 rings (SSSR count). The first-order chi connectivity index (χ1) is 9.43. The molecule has 0 N–H and O–H groups in total. The molecule has 1 aromatic carbocycles. The number of fused-ring (bicyclic) bond motifs is 3. The number of aromatic nitrogens is 2. The van der Waals surface area contributed by atoms with E-state index in [1.807, 2.05) is 24.5 Å². The van der Waals surface area contributed by atoms with Gasteiger partial charge in [0.05, 0.1) is 16.1 Å². The van der Waals surface area contributed by atoms with Crippen LogP contribution in [0.2, 0.25) is 0 Å². The topological polar surface area (TPSA) is 25.8 Å². The fraction of sp³-hybridized carbons (Fsp3) is 0. The maximum Gasteiger partial charge on any atom is 0.0895 e. The zero-order valence-corrected chi connectivity index (χ0v) is 10.9. The van der Waals surface area contributed by atoms with Gasteiger partial charge in [0.15, 0.2) is 0 Å². The van der Waals surface area contributed by atoms with Gasteiger partial charge in [0.1, 0.15) is 0 Å². The number of benzene rings is 1. The molecule has 0 aliphatic heterocycles. The molecule has 0 saturated carbocycles. The Bertz CT molecular complexity index is 866. The molecule has 0 aliphatic carbocycles. The Morgan fingerprint density at radius 2 is 1.74 bits per heavy atom. The van der Waals surface area contributed by atoms with E-state index < -0.39 is 0 Å². The highest BCUT2D eigenvalue weighted by Crippen LogP contribution is 2.32. The molecule has 0 bridgehead atoms. The van der Waals surface area contributed by atoms with Crippen molar-refractivity contribution in [2.75, 3.05) is 0 Å². The van der Waals surface area contributed by atoms with Crippen LogP contribution in [0.5, 0.6) is 0 Å². The lowest BCUT2D eigenvalue weighted by molar-refractivity contribution is 1.36. The molecule has 0 amide bonds. The summed E-state index contributed by atoms with van der Waals surface area (Å²) < 4.78 is 0. The molecule has 0 unspecified atom stereocenters. The van der Waals surface area contributed by atoms with Gasteiger partial charge in [-0.3, -0.25) is 9.97 Å². The van der Waals surface area contributed by atoms with E-state index in [-0.39, 0.29) is 0 Å². The van der Waals surface area contributed by atoms with Gasteiger partial charge in [0.2, 0.25) is 0 Å². The summed E-state index contributed by atoms with van der Waals surface area (Å²) in [7, 11) is 0. The number of rotatable bonds is 1. The van der Waals surface area contributed by atoms with Gasteiger partial charge in [-0.25, -0.2) is 0 Å². The van der Waals surface area contributed by atoms with E-state index in [1.54, 1.807) is 11.3 Å². The maximum atomic E-state index is 4.54. The van der Waals surface area contributed by atoms with Crippen LogP contribution in [0.15, 0.2) is 60.2 Å². The fourth-order valence-corrected chi connectivity index (χ4v) is 3.13. The van der Waals surface area contributed by atoms with Gasteiger partial charge >= 0.3 is 0 Å². The highest BCUT2D eigenvalue weighted by Gasteiger charge is 2.08. The van der Waals surface area contributed by atoms with Crippen LogP contribution in [0.4, 0.5) is 0 Å². The standard InChI is InChI=1S/C16H10N2S/c1-2-5-14-12(4-1)11-7-8-17-16(13(11)10-18-14)15-6-3-9-19-15/h1-10H. The second-order valence-electron chi connectivity index (χ2n) is 4.37. The van der Waals surface area contributed by atoms with Crippen molar-refractivity contribution in [3.05, 3.63) is 60.2 Å². The molecule has 3 heterocycles. The summed E-state index contributed by atoms with van der Waals surface area (Å²) in [5, 5.41) is 5.58. The summed E-state index contributed by atoms with van der Waals surface area (Å²) >= 11 is 1.71. The van der Waals surface area contributed by atoms with E-state index in [0.717, 1.165) is 16.6 Å². The molecule has 3 aromatic heterocycles. The number of nitrogens with zero attached hydrogens (tertiary/aromatic N) is 2. The predicted octanol–water partition coefficient (Wildman–Crippen LogP) is 4.51. The second kappa shape index (κ2) is 4.14. The first-order valence-electron chi connectivity index (χ1n) is 6.10. The minimum absolute atomic E-state index is 1.02. The zero-order valence-electron chi connectivity index (χ0n) is 10.1. The third-order valence-electron chi connectivity index (χ3n) is 3.27. The zero-order chi connectivity index (χ0) is 12.7. The van der Waals surface area contributed by atoms with Gasteiger partial charge in [0.25, 0.3) is 0 Å². The van der Waals surface area contributed by atoms with Crippen molar-refractivity contribution in [1.82, 2.24) is 9.97 Å². The summed E-state index contributed by atoms with van der Waals surface area (Å²) in [5.74, 6) is 0. The number of thiophene rings is 1. The van der Waals surface area contributed by atoms with Gasteiger partial charge in [-0.05, 0) is 29.0 Å². The van der Waals surface area contributed by atoms with Gasteiger partial charge < -0.3 is 0 Å². The monoisotopic (exact) mass is 262 g/mol. The lowest BCUT2D eigenvalue weighted by Gasteiger charge is -2.06. The summed E-state index contributed by atoms with van der Waals surface area (Å²) in [5.41, 5.74) is 2.05. The third-order valence-corrected chi connectivity index (χ3v) is 4.15. The Labute approximate surface area is 114 Å². The van der Waals surface area contributed by atoms with Crippen LogP contribution in [-0.4, -0.2) is 9.97 Å². The SMILES string of the molecule is c1csc(-c2nccc3c2cnc2ccccc23)c1. The highest BCUT2D eigenvalue weighted by molar-refractivity contribution is 7.13. The molecule has 0 spiro atoms. The average Bonchev–Trinajstić information content (AvgIpc) is 3.00. The normalized spacial score (nSPS) is 11.2. The van der Waals surface area contributed by atoms with Crippen LogP contribution in [0.25, 0.3) is 32.2 Å². The minimum Gasteiger partial charge on any atom is -0.256 e. The van der Waals surface area contributed by atoms with E-state index in [4.69, 9.17) is 0 Å². The summed E-state index contributed by atoms with van der Waals surface area (Å²) in [6, 6.07) is 14.4. The largest absolute Gasteiger partial charge is 0.256 e. The smallest absolute Gasteiger partial charge is 0.0895 e. The van der Waals surface area contributed by atoms with Crippen molar-refractivity contribution in [2.24, 2.45) is 0 Å². The first-order valence-corrected chi connectivity index (χ1v) is 6.98. The van der Waals surface area contributed by atoms with E-state index in [1.165, 1.54) is 15.6 Å². The molecule has 2 nitrogen and oxygen atoms in total. The molecular formula is C16H10N2S. The van der Waals surface area contributed by atoms with Crippen molar-refractivity contribution >= 4 is 33.0 Å². The average molecular weight is 262 g/mol. The van der Waals surface area contributed by atoms with Crippen molar-refractivity contribution in [1.29, 1.82) is 0 Å². The predicted molar refractivity (Wildman–Crippen MR) is 80.4 cm³/mol. The Morgan fingerprint density at radius 3 is 2.63 bits per heavy atom. The molecule has 0 radical (unpaired) electrons. The Balaban J connectivity index is 2.15. The molecule has 0 atom stereocenters. The summed E-state index contributed by atoms with van der Waals surface area (Å²) in [6.45, 7) is 0. The Kier molecular flexibility index (Phi) is 2.32. The summed E-state index contributed by atoms with van der Waals surface area (Å²) in [6.07, 6.45) is 3.81. The van der Waals surface area contributed by atoms with Crippen LogP contribution in [0.1, 0.15) is 0 Å². The fourth-order valence-electron chi connectivity index (χ4n) is 2.40. The van der Waals surface area contributed by atoms with E-state index in [9.17, 15) is 0 Å². The lowest BCUT2D eigenvalue weighted by atomic mass is 10.1. The molecule has 4 aromatic rings. The van der Waals surface area contributed by atoms with Crippen molar-refractivity contribution in [3.8, 4) is 10.6 Å². The Hall–Kier alpha value is -2.26. The van der Waals surface area contributed by atoms with Crippen LogP contribution >= 0.6 is 11.3 Å². The van der Waals surface area contributed by atoms with Gasteiger partial charge in [-0.15, -0.1) is 11.3 Å². The molecule has 3 heteroatoms. The first kappa shape index (κ1) is 10.6. The quantitative estimate of drug-likeness (QED) is 0.472. The number of para-hydroxylation sites is 1. The minimum atomic E-state index is 1.02. The highest BCUT2D eigenvalue weighted by atomic mass is 32.1. The van der Waals surface area contributed by atoms with Crippen LogP contribution in [0.3, 0.4) is 0 Å². The van der Waals surface area contributed by atoms with Crippen molar-refractivity contribution in [3.63, 3.8) is 0 Å². The van der Waals surface area contributed by atoms with Gasteiger partial charge in [-0.2, -0.15) is 0 Å². The van der Waals surface area contributed by atoms with Gasteiger partial charge in [-0.1, -0.05) is 24.3 Å². The van der Waals surface area contributed by atoms with Crippen LogP contribution < -0.4 is 0 Å². The molecule has 19 heavy (non-hydrogen) atoms. The number of hydrogen-bond donors (Lipinski definition) is 0. The van der Waals surface area contributed by atoms with E-state index in [0.29, 0.717) is 0 Å². The maximum absolute atomic E-state index is 4.54. The van der Waals surface area contributed by atoms with E-state index >= 15 is 0 Å².